The van der Waals surface area contributed by atoms with Gasteiger partial charge in [-0.3, -0.25) is 4.90 Å². The van der Waals surface area contributed by atoms with Gasteiger partial charge in [0.2, 0.25) is 6.79 Å². The highest BCUT2D eigenvalue weighted by molar-refractivity contribution is 5.90. The molecule has 3 heterocycles. The lowest BCUT2D eigenvalue weighted by Crippen LogP contribution is -2.49. The number of carbonyl (C=O) groups is 1. The number of halogens is 1. The molecule has 2 saturated heterocycles. The van der Waals surface area contributed by atoms with Crippen molar-refractivity contribution in [3.8, 4) is 11.5 Å². The zero-order valence-corrected chi connectivity index (χ0v) is 14.6. The summed E-state index contributed by atoms with van der Waals surface area (Å²) in [5.41, 5.74) is 0.533. The van der Waals surface area contributed by atoms with E-state index in [4.69, 9.17) is 14.2 Å². The molecule has 1 aromatic rings. The number of hydrogen-bond donors (Lipinski definition) is 0. The maximum atomic E-state index is 12.3. The van der Waals surface area contributed by atoms with Gasteiger partial charge in [0.15, 0.2) is 11.5 Å². The Kier molecular flexibility index (Phi) is 5.51. The second-order valence-corrected chi connectivity index (χ2v) is 6.67. The molecule has 5 nitrogen and oxygen atoms in total. The van der Waals surface area contributed by atoms with Crippen LogP contribution < -0.4 is 9.47 Å². The first kappa shape index (κ1) is 17.4. The molecule has 0 spiro atoms. The van der Waals surface area contributed by atoms with E-state index in [0.717, 1.165) is 6.42 Å². The molecular formula is C18H24ClNO4. The van der Waals surface area contributed by atoms with E-state index < -0.39 is 0 Å². The van der Waals surface area contributed by atoms with E-state index in [0.29, 0.717) is 35.6 Å². The van der Waals surface area contributed by atoms with Crippen LogP contribution in [0.3, 0.4) is 0 Å². The van der Waals surface area contributed by atoms with E-state index in [1.165, 1.54) is 38.8 Å². The summed E-state index contributed by atoms with van der Waals surface area (Å²) >= 11 is 0. The Bertz CT molecular complexity index is 592. The lowest BCUT2D eigenvalue weighted by molar-refractivity contribution is 0.00737. The van der Waals surface area contributed by atoms with E-state index >= 15 is 0 Å². The zero-order valence-electron chi connectivity index (χ0n) is 13.7. The highest BCUT2D eigenvalue weighted by Crippen LogP contribution is 2.33. The van der Waals surface area contributed by atoms with Gasteiger partial charge in [0.05, 0.1) is 12.2 Å². The third-order valence-electron chi connectivity index (χ3n) is 5.27. The van der Waals surface area contributed by atoms with Crippen LogP contribution in [0, 0.1) is 5.92 Å². The molecule has 2 unspecified atom stereocenters. The van der Waals surface area contributed by atoms with Gasteiger partial charge in [0.1, 0.15) is 0 Å². The standard InChI is InChI=1S/C18H23NO4.ClH/c20-18(13-6-7-16-17(10-13)23-12-22-16)21-11-14-4-3-9-19-8-2-1-5-15(14)19;/h6-7,10,14-15H,1-5,8-9,11-12H2;1H. The summed E-state index contributed by atoms with van der Waals surface area (Å²) in [6.07, 6.45) is 6.22. The lowest BCUT2D eigenvalue weighted by atomic mass is 9.84. The Morgan fingerprint density at radius 3 is 2.88 bits per heavy atom. The van der Waals surface area contributed by atoms with Crippen molar-refractivity contribution in [1.29, 1.82) is 0 Å². The highest BCUT2D eigenvalue weighted by atomic mass is 35.5. The van der Waals surface area contributed by atoms with Gasteiger partial charge in [0.25, 0.3) is 0 Å². The number of ether oxygens (including phenoxy) is 3. The Balaban J connectivity index is 0.00000169. The van der Waals surface area contributed by atoms with Crippen molar-refractivity contribution in [1.82, 2.24) is 4.90 Å². The van der Waals surface area contributed by atoms with Crippen molar-refractivity contribution in [2.45, 2.75) is 38.1 Å². The van der Waals surface area contributed by atoms with E-state index in [1.54, 1.807) is 18.2 Å². The van der Waals surface area contributed by atoms with Gasteiger partial charge < -0.3 is 14.2 Å². The van der Waals surface area contributed by atoms with Gasteiger partial charge in [-0.25, -0.2) is 4.79 Å². The van der Waals surface area contributed by atoms with E-state index in [-0.39, 0.29) is 25.2 Å². The molecule has 0 saturated carbocycles. The molecule has 0 aliphatic carbocycles. The van der Waals surface area contributed by atoms with Crippen molar-refractivity contribution in [2.75, 3.05) is 26.5 Å². The molecule has 0 aromatic heterocycles. The maximum Gasteiger partial charge on any atom is 0.338 e. The molecule has 2 fully saturated rings. The van der Waals surface area contributed by atoms with Crippen LogP contribution in [-0.2, 0) is 4.74 Å². The predicted molar refractivity (Wildman–Crippen MR) is 92.0 cm³/mol. The average molecular weight is 354 g/mol. The van der Waals surface area contributed by atoms with E-state index in [2.05, 4.69) is 4.90 Å². The van der Waals surface area contributed by atoms with Crippen molar-refractivity contribution in [2.24, 2.45) is 5.92 Å². The van der Waals surface area contributed by atoms with Crippen LogP contribution in [0.1, 0.15) is 42.5 Å². The normalized spacial score (nSPS) is 25.5. The van der Waals surface area contributed by atoms with Gasteiger partial charge in [-0.1, -0.05) is 6.42 Å². The molecule has 24 heavy (non-hydrogen) atoms. The van der Waals surface area contributed by atoms with Crippen LogP contribution in [0.15, 0.2) is 18.2 Å². The first-order chi connectivity index (χ1) is 11.3. The van der Waals surface area contributed by atoms with Crippen LogP contribution in [0.4, 0.5) is 0 Å². The first-order valence-corrected chi connectivity index (χ1v) is 8.62. The molecule has 0 amide bonds. The molecule has 0 radical (unpaired) electrons. The summed E-state index contributed by atoms with van der Waals surface area (Å²) in [6, 6.07) is 5.81. The number of rotatable bonds is 3. The van der Waals surface area contributed by atoms with Crippen molar-refractivity contribution >= 4 is 18.4 Å². The molecule has 2 atom stereocenters. The molecule has 6 heteroatoms. The Labute approximate surface area is 148 Å². The smallest absolute Gasteiger partial charge is 0.338 e. The summed E-state index contributed by atoms with van der Waals surface area (Å²) in [5, 5.41) is 0. The minimum Gasteiger partial charge on any atom is -0.462 e. The fourth-order valence-electron chi connectivity index (χ4n) is 4.06. The molecular weight excluding hydrogens is 330 g/mol. The molecule has 4 rings (SSSR count). The third-order valence-corrected chi connectivity index (χ3v) is 5.27. The Hall–Kier alpha value is -1.46. The second kappa shape index (κ2) is 7.62. The van der Waals surface area contributed by atoms with Gasteiger partial charge in [-0.05, 0) is 57.0 Å². The van der Waals surface area contributed by atoms with E-state index in [1.807, 2.05) is 0 Å². The molecule has 3 aliphatic heterocycles. The molecule has 0 bridgehead atoms. The van der Waals surface area contributed by atoms with E-state index in [9.17, 15) is 4.79 Å². The topological polar surface area (TPSA) is 48.0 Å². The van der Waals surface area contributed by atoms with Crippen molar-refractivity contribution in [3.05, 3.63) is 23.8 Å². The van der Waals surface area contributed by atoms with Crippen molar-refractivity contribution in [3.63, 3.8) is 0 Å². The lowest BCUT2D eigenvalue weighted by Gasteiger charge is -2.44. The van der Waals surface area contributed by atoms with Crippen LogP contribution in [-0.4, -0.2) is 43.4 Å². The van der Waals surface area contributed by atoms with Crippen LogP contribution in [0.2, 0.25) is 0 Å². The second-order valence-electron chi connectivity index (χ2n) is 6.67. The van der Waals surface area contributed by atoms with Crippen LogP contribution >= 0.6 is 12.4 Å². The summed E-state index contributed by atoms with van der Waals surface area (Å²) in [4.78, 5) is 14.9. The third kappa shape index (κ3) is 3.47. The molecule has 1 aromatic carbocycles. The monoisotopic (exact) mass is 353 g/mol. The average Bonchev–Trinajstić information content (AvgIpc) is 3.07. The summed E-state index contributed by atoms with van der Waals surface area (Å²) in [6.45, 7) is 3.15. The number of fused-ring (bicyclic) bond motifs is 2. The number of esters is 1. The Morgan fingerprint density at radius 1 is 1.12 bits per heavy atom. The molecule has 0 N–H and O–H groups in total. The minimum atomic E-state index is -0.267. The zero-order chi connectivity index (χ0) is 15.6. The fourth-order valence-corrected chi connectivity index (χ4v) is 4.06. The molecule has 132 valence electrons. The minimum absolute atomic E-state index is 0. The quantitative estimate of drug-likeness (QED) is 0.781. The van der Waals surface area contributed by atoms with Crippen LogP contribution in [0.5, 0.6) is 11.5 Å². The van der Waals surface area contributed by atoms with Crippen LogP contribution in [0.25, 0.3) is 0 Å². The van der Waals surface area contributed by atoms with Gasteiger partial charge in [-0.2, -0.15) is 0 Å². The largest absolute Gasteiger partial charge is 0.462 e. The molecule has 3 aliphatic rings. The highest BCUT2D eigenvalue weighted by Gasteiger charge is 2.33. The summed E-state index contributed by atoms with van der Waals surface area (Å²) in [5.74, 6) is 1.51. The SMILES string of the molecule is Cl.O=C(OCC1CCCN2CCCCC12)c1ccc2c(c1)OCO2. The number of piperidine rings is 2. The fraction of sp³-hybridized carbons (Fsp3) is 0.611. The summed E-state index contributed by atoms with van der Waals surface area (Å²) < 4.78 is 16.2. The number of nitrogens with zero attached hydrogens (tertiary/aromatic N) is 1. The number of hydrogen-bond acceptors (Lipinski definition) is 5. The van der Waals surface area contributed by atoms with Gasteiger partial charge >= 0.3 is 5.97 Å². The van der Waals surface area contributed by atoms with Gasteiger partial charge in [-0.15, -0.1) is 12.4 Å². The predicted octanol–water partition coefficient (Wildman–Crippen LogP) is 3.26. The maximum absolute atomic E-state index is 12.3. The Morgan fingerprint density at radius 2 is 1.96 bits per heavy atom. The summed E-state index contributed by atoms with van der Waals surface area (Å²) in [7, 11) is 0. The number of carbonyl (C=O) groups excluding carboxylic acids is 1. The van der Waals surface area contributed by atoms with Crippen molar-refractivity contribution < 1.29 is 19.0 Å². The number of benzene rings is 1. The first-order valence-electron chi connectivity index (χ1n) is 8.62. The van der Waals surface area contributed by atoms with Gasteiger partial charge in [0, 0.05) is 12.0 Å².